The van der Waals surface area contributed by atoms with Crippen molar-refractivity contribution in [2.24, 2.45) is 11.1 Å². The van der Waals surface area contributed by atoms with Gasteiger partial charge in [0.05, 0.1) is 0 Å². The van der Waals surface area contributed by atoms with Gasteiger partial charge in [0, 0.05) is 13.1 Å². The molecule has 1 aromatic carbocycles. The Morgan fingerprint density at radius 3 is 2.76 bits per heavy atom. The summed E-state index contributed by atoms with van der Waals surface area (Å²) in [5.74, 6) is 0. The second-order valence-electron chi connectivity index (χ2n) is 5.46. The van der Waals surface area contributed by atoms with E-state index in [0.717, 1.165) is 19.6 Å². The first-order valence-corrected chi connectivity index (χ1v) is 6.09. The topological polar surface area (TPSA) is 29.3 Å². The maximum absolute atomic E-state index is 5.82. The zero-order valence-corrected chi connectivity index (χ0v) is 11.6. The third-order valence-electron chi connectivity index (χ3n) is 3.62. The maximum atomic E-state index is 5.82. The molecule has 2 N–H and O–H groups in total. The quantitative estimate of drug-likeness (QED) is 0.899. The molecule has 0 amide bonds. The number of halogens is 1. The van der Waals surface area contributed by atoms with Gasteiger partial charge in [0.2, 0.25) is 0 Å². The molecule has 96 valence electrons. The SMILES string of the molecule is Cc1cccc(CN2CCC(C)(CN)C2)c1.Cl. The molecule has 0 radical (unpaired) electrons. The second-order valence-corrected chi connectivity index (χ2v) is 5.46. The van der Waals surface area contributed by atoms with Crippen molar-refractivity contribution >= 4 is 12.4 Å². The molecule has 0 spiro atoms. The summed E-state index contributed by atoms with van der Waals surface area (Å²) in [4.78, 5) is 2.52. The van der Waals surface area contributed by atoms with Gasteiger partial charge in [-0.05, 0) is 37.4 Å². The lowest BCUT2D eigenvalue weighted by molar-refractivity contribution is 0.274. The van der Waals surface area contributed by atoms with Gasteiger partial charge in [0.1, 0.15) is 0 Å². The first-order chi connectivity index (χ1) is 7.61. The normalized spacial score (nSPS) is 24.6. The van der Waals surface area contributed by atoms with Crippen LogP contribution in [0.2, 0.25) is 0 Å². The largest absolute Gasteiger partial charge is 0.330 e. The number of nitrogens with zero attached hydrogens (tertiary/aromatic N) is 1. The lowest BCUT2D eigenvalue weighted by atomic mass is 9.90. The van der Waals surface area contributed by atoms with Crippen molar-refractivity contribution in [2.75, 3.05) is 19.6 Å². The Bertz CT molecular complexity index is 367. The highest BCUT2D eigenvalue weighted by atomic mass is 35.5. The van der Waals surface area contributed by atoms with Gasteiger partial charge in [-0.1, -0.05) is 36.8 Å². The summed E-state index contributed by atoms with van der Waals surface area (Å²) in [7, 11) is 0. The predicted octanol–water partition coefficient (Wildman–Crippen LogP) is 2.59. The number of rotatable bonds is 3. The molecule has 1 saturated heterocycles. The minimum absolute atomic E-state index is 0. The van der Waals surface area contributed by atoms with Gasteiger partial charge in [0.25, 0.3) is 0 Å². The number of hydrogen-bond donors (Lipinski definition) is 1. The van der Waals surface area contributed by atoms with Crippen LogP contribution >= 0.6 is 12.4 Å². The van der Waals surface area contributed by atoms with Crippen molar-refractivity contribution in [1.29, 1.82) is 0 Å². The molecule has 0 aliphatic carbocycles. The van der Waals surface area contributed by atoms with E-state index >= 15 is 0 Å². The van der Waals surface area contributed by atoms with Crippen molar-refractivity contribution < 1.29 is 0 Å². The number of nitrogens with two attached hydrogens (primary N) is 1. The second kappa shape index (κ2) is 5.85. The number of benzene rings is 1. The minimum atomic E-state index is 0. The van der Waals surface area contributed by atoms with Gasteiger partial charge >= 0.3 is 0 Å². The Morgan fingerprint density at radius 1 is 1.41 bits per heavy atom. The lowest BCUT2D eigenvalue weighted by Crippen LogP contribution is -2.31. The van der Waals surface area contributed by atoms with Crippen LogP contribution in [0.4, 0.5) is 0 Å². The van der Waals surface area contributed by atoms with Crippen molar-refractivity contribution in [2.45, 2.75) is 26.8 Å². The molecular formula is C14H23ClN2. The van der Waals surface area contributed by atoms with E-state index in [1.165, 1.54) is 24.1 Å². The monoisotopic (exact) mass is 254 g/mol. The standard InChI is InChI=1S/C14H22N2.ClH/c1-12-4-3-5-13(8-12)9-16-7-6-14(2,10-15)11-16;/h3-5,8H,6-7,9-11,15H2,1-2H3;1H. The van der Waals surface area contributed by atoms with E-state index in [9.17, 15) is 0 Å². The van der Waals surface area contributed by atoms with Gasteiger partial charge in [-0.25, -0.2) is 0 Å². The number of likely N-dealkylation sites (tertiary alicyclic amines) is 1. The molecule has 1 unspecified atom stereocenters. The molecule has 0 saturated carbocycles. The molecule has 0 aromatic heterocycles. The molecule has 17 heavy (non-hydrogen) atoms. The van der Waals surface area contributed by atoms with Crippen LogP contribution in [0.5, 0.6) is 0 Å². The lowest BCUT2D eigenvalue weighted by Gasteiger charge is -2.22. The summed E-state index contributed by atoms with van der Waals surface area (Å²) < 4.78 is 0. The molecule has 1 aliphatic rings. The van der Waals surface area contributed by atoms with Crippen LogP contribution in [-0.4, -0.2) is 24.5 Å². The van der Waals surface area contributed by atoms with Gasteiger partial charge in [-0.3, -0.25) is 4.90 Å². The maximum Gasteiger partial charge on any atom is 0.0234 e. The van der Waals surface area contributed by atoms with Crippen molar-refractivity contribution in [3.8, 4) is 0 Å². The van der Waals surface area contributed by atoms with Crippen LogP contribution in [0, 0.1) is 12.3 Å². The van der Waals surface area contributed by atoms with Crippen LogP contribution in [-0.2, 0) is 6.54 Å². The van der Waals surface area contributed by atoms with E-state index in [0.29, 0.717) is 5.41 Å². The first kappa shape index (κ1) is 14.5. The highest BCUT2D eigenvalue weighted by Gasteiger charge is 2.32. The van der Waals surface area contributed by atoms with Crippen LogP contribution in [0.15, 0.2) is 24.3 Å². The molecule has 1 fully saturated rings. The fraction of sp³-hybridized carbons (Fsp3) is 0.571. The summed E-state index contributed by atoms with van der Waals surface area (Å²) in [5.41, 5.74) is 8.92. The average Bonchev–Trinajstić information content (AvgIpc) is 2.61. The smallest absolute Gasteiger partial charge is 0.0234 e. The molecule has 1 heterocycles. The highest BCUT2D eigenvalue weighted by molar-refractivity contribution is 5.85. The fourth-order valence-corrected chi connectivity index (χ4v) is 2.50. The van der Waals surface area contributed by atoms with Gasteiger partial charge in [-0.15, -0.1) is 12.4 Å². The third-order valence-corrected chi connectivity index (χ3v) is 3.62. The van der Waals surface area contributed by atoms with Crippen molar-refractivity contribution in [1.82, 2.24) is 4.90 Å². The zero-order valence-electron chi connectivity index (χ0n) is 10.8. The summed E-state index contributed by atoms with van der Waals surface area (Å²) in [5, 5.41) is 0. The van der Waals surface area contributed by atoms with Crippen LogP contribution in [0.3, 0.4) is 0 Å². The van der Waals surface area contributed by atoms with E-state index in [-0.39, 0.29) is 12.4 Å². The van der Waals surface area contributed by atoms with E-state index in [1.807, 2.05) is 0 Å². The molecule has 2 rings (SSSR count). The summed E-state index contributed by atoms with van der Waals surface area (Å²) in [6, 6.07) is 8.78. The summed E-state index contributed by atoms with van der Waals surface area (Å²) in [6.07, 6.45) is 1.23. The van der Waals surface area contributed by atoms with Gasteiger partial charge < -0.3 is 5.73 Å². The Kier molecular flexibility index (Phi) is 4.99. The van der Waals surface area contributed by atoms with Gasteiger partial charge in [-0.2, -0.15) is 0 Å². The zero-order chi connectivity index (χ0) is 11.6. The first-order valence-electron chi connectivity index (χ1n) is 6.09. The molecular weight excluding hydrogens is 232 g/mol. The molecule has 1 atom stereocenters. The average molecular weight is 255 g/mol. The Labute approximate surface area is 111 Å². The molecule has 1 aliphatic heterocycles. The van der Waals surface area contributed by atoms with E-state index < -0.39 is 0 Å². The predicted molar refractivity (Wildman–Crippen MR) is 75.5 cm³/mol. The molecule has 1 aromatic rings. The highest BCUT2D eigenvalue weighted by Crippen LogP contribution is 2.29. The summed E-state index contributed by atoms with van der Waals surface area (Å²) >= 11 is 0. The van der Waals surface area contributed by atoms with E-state index in [2.05, 4.69) is 43.0 Å². The van der Waals surface area contributed by atoms with Gasteiger partial charge in [0.15, 0.2) is 0 Å². The minimum Gasteiger partial charge on any atom is -0.330 e. The molecule has 3 heteroatoms. The van der Waals surface area contributed by atoms with Crippen LogP contribution in [0.1, 0.15) is 24.5 Å². The van der Waals surface area contributed by atoms with Crippen LogP contribution < -0.4 is 5.73 Å². The van der Waals surface area contributed by atoms with Crippen molar-refractivity contribution in [3.63, 3.8) is 0 Å². The third kappa shape index (κ3) is 3.70. The van der Waals surface area contributed by atoms with Crippen molar-refractivity contribution in [3.05, 3.63) is 35.4 Å². The molecule has 2 nitrogen and oxygen atoms in total. The Balaban J connectivity index is 0.00000144. The Hall–Kier alpha value is -0.570. The summed E-state index contributed by atoms with van der Waals surface area (Å²) in [6.45, 7) is 8.63. The number of aryl methyl sites for hydroxylation is 1. The Morgan fingerprint density at radius 2 is 2.18 bits per heavy atom. The van der Waals surface area contributed by atoms with Crippen LogP contribution in [0.25, 0.3) is 0 Å². The number of hydrogen-bond acceptors (Lipinski definition) is 2. The molecule has 0 bridgehead atoms. The van der Waals surface area contributed by atoms with E-state index in [1.54, 1.807) is 0 Å². The van der Waals surface area contributed by atoms with E-state index in [4.69, 9.17) is 5.73 Å². The fourth-order valence-electron chi connectivity index (χ4n) is 2.50.